The number of carbonyl (C=O) groups excluding carboxylic acids is 3. The lowest BCUT2D eigenvalue weighted by atomic mass is 9.86. The van der Waals surface area contributed by atoms with E-state index in [4.69, 9.17) is 34.2 Å². The number of nitrogens with two attached hydrogens (primary N) is 1. The van der Waals surface area contributed by atoms with Gasteiger partial charge in [0.15, 0.2) is 11.5 Å². The van der Waals surface area contributed by atoms with Crippen molar-refractivity contribution in [2.24, 2.45) is 5.73 Å². The van der Waals surface area contributed by atoms with E-state index >= 15 is 0 Å². The van der Waals surface area contributed by atoms with E-state index in [1.165, 1.54) is 25.1 Å². The summed E-state index contributed by atoms with van der Waals surface area (Å²) in [6, 6.07) is 4.05. The van der Waals surface area contributed by atoms with E-state index in [1.807, 2.05) is 0 Å². The summed E-state index contributed by atoms with van der Waals surface area (Å²) in [6.07, 6.45) is -4.45. The van der Waals surface area contributed by atoms with Crippen LogP contribution in [-0.4, -0.2) is 59.0 Å². The van der Waals surface area contributed by atoms with Crippen LogP contribution in [0.5, 0.6) is 11.5 Å². The summed E-state index contributed by atoms with van der Waals surface area (Å²) in [7, 11) is 0. The third-order valence-corrected chi connectivity index (χ3v) is 4.33. The zero-order valence-electron chi connectivity index (χ0n) is 22.5. The molecule has 208 valence electrons. The van der Waals surface area contributed by atoms with Crippen LogP contribution < -0.4 is 15.2 Å². The molecule has 1 rings (SSSR count). The van der Waals surface area contributed by atoms with Gasteiger partial charge in [-0.3, -0.25) is 4.79 Å². The number of benzene rings is 1. The zero-order chi connectivity index (χ0) is 28.6. The summed E-state index contributed by atoms with van der Waals surface area (Å²) < 4.78 is 30.5. The van der Waals surface area contributed by atoms with Gasteiger partial charge in [0, 0.05) is 12.8 Å². The van der Waals surface area contributed by atoms with Gasteiger partial charge in [-0.25, -0.2) is 14.4 Å². The molecule has 0 heterocycles. The van der Waals surface area contributed by atoms with Crippen LogP contribution in [0.4, 0.5) is 14.4 Å². The van der Waals surface area contributed by atoms with Crippen molar-refractivity contribution in [1.29, 1.82) is 0 Å². The van der Waals surface area contributed by atoms with Crippen LogP contribution in [0.3, 0.4) is 0 Å². The quantitative estimate of drug-likeness (QED) is 0.260. The van der Waals surface area contributed by atoms with Crippen LogP contribution in [0.2, 0.25) is 0 Å². The summed E-state index contributed by atoms with van der Waals surface area (Å²) in [6.45, 7) is 13.0. The Hall–Kier alpha value is -3.54. The molecule has 0 saturated carbocycles. The molecule has 0 aliphatic heterocycles. The molecule has 0 radical (unpaired) electrons. The summed E-state index contributed by atoms with van der Waals surface area (Å²) in [4.78, 5) is 48.1. The number of hydrogen-bond donors (Lipinski definition) is 2. The standard InChI is InChI=1S/C25H37NO11/c1-9-32-20(29)33-15(2)13-25(26,19(27)28)14-16-10-11-17(34-21(30)36-23(3,4)5)18(12-16)35-22(31)37-24(6,7)8/h10-12,15H,9,13-14,26H2,1-8H3,(H,27,28)/t15-,25?/m0/s1. The smallest absolute Gasteiger partial charge is 0.480 e. The van der Waals surface area contributed by atoms with Crippen molar-refractivity contribution in [3.63, 3.8) is 0 Å². The van der Waals surface area contributed by atoms with E-state index in [9.17, 15) is 24.3 Å². The average Bonchev–Trinajstić information content (AvgIpc) is 2.66. The van der Waals surface area contributed by atoms with Crippen LogP contribution in [0, 0.1) is 0 Å². The molecule has 0 aliphatic carbocycles. The first-order chi connectivity index (χ1) is 16.8. The van der Waals surface area contributed by atoms with E-state index in [2.05, 4.69) is 0 Å². The summed E-state index contributed by atoms with van der Waals surface area (Å²) in [5, 5.41) is 9.82. The second-order valence-corrected chi connectivity index (χ2v) is 10.4. The molecule has 1 aromatic carbocycles. The minimum absolute atomic E-state index is 0.0936. The largest absolute Gasteiger partial charge is 0.514 e. The van der Waals surface area contributed by atoms with Gasteiger partial charge in [0.1, 0.15) is 22.8 Å². The molecule has 2 atom stereocenters. The first-order valence-electron chi connectivity index (χ1n) is 11.6. The Morgan fingerprint density at radius 2 is 1.41 bits per heavy atom. The number of hydrogen-bond acceptors (Lipinski definition) is 11. The lowest BCUT2D eigenvalue weighted by Gasteiger charge is -2.28. The van der Waals surface area contributed by atoms with Gasteiger partial charge in [0.2, 0.25) is 0 Å². The van der Waals surface area contributed by atoms with Gasteiger partial charge in [-0.1, -0.05) is 6.07 Å². The topological polar surface area (TPSA) is 170 Å². The first-order valence-corrected chi connectivity index (χ1v) is 11.6. The van der Waals surface area contributed by atoms with Crippen molar-refractivity contribution >= 4 is 24.4 Å². The van der Waals surface area contributed by atoms with E-state index in [0.717, 1.165) is 0 Å². The van der Waals surface area contributed by atoms with Gasteiger partial charge in [-0.2, -0.15) is 0 Å². The van der Waals surface area contributed by atoms with Crippen LogP contribution in [0.15, 0.2) is 18.2 Å². The Morgan fingerprint density at radius 3 is 1.86 bits per heavy atom. The Balaban J connectivity index is 3.25. The van der Waals surface area contributed by atoms with Gasteiger partial charge in [-0.05, 0) is 73.1 Å². The van der Waals surface area contributed by atoms with Gasteiger partial charge in [-0.15, -0.1) is 0 Å². The number of carboxylic acid groups (broad SMARTS) is 1. The molecule has 0 fully saturated rings. The molecule has 0 aromatic heterocycles. The molecule has 12 heteroatoms. The second kappa shape index (κ2) is 12.6. The molecule has 1 aromatic rings. The summed E-state index contributed by atoms with van der Waals surface area (Å²) in [5.41, 5.74) is 2.92. The maximum atomic E-state index is 12.3. The molecule has 3 N–H and O–H groups in total. The first kappa shape index (κ1) is 31.5. The predicted molar refractivity (Wildman–Crippen MR) is 131 cm³/mol. The van der Waals surface area contributed by atoms with Gasteiger partial charge >= 0.3 is 24.4 Å². The zero-order valence-corrected chi connectivity index (χ0v) is 22.5. The molecular weight excluding hydrogens is 490 g/mol. The Labute approximate surface area is 216 Å². The van der Waals surface area contributed by atoms with Crippen LogP contribution in [0.25, 0.3) is 0 Å². The van der Waals surface area contributed by atoms with Crippen LogP contribution >= 0.6 is 0 Å². The van der Waals surface area contributed by atoms with Crippen LogP contribution in [0.1, 0.15) is 67.4 Å². The highest BCUT2D eigenvalue weighted by Gasteiger charge is 2.37. The average molecular weight is 528 g/mol. The van der Waals surface area contributed by atoms with Crippen molar-refractivity contribution in [2.75, 3.05) is 6.61 Å². The predicted octanol–water partition coefficient (Wildman–Crippen LogP) is 4.59. The molecule has 0 aliphatic rings. The van der Waals surface area contributed by atoms with Crippen molar-refractivity contribution in [2.45, 2.75) is 91.1 Å². The normalized spacial score (nSPS) is 14.0. The fraction of sp³-hybridized carbons (Fsp3) is 0.600. The maximum Gasteiger partial charge on any atom is 0.514 e. The molecule has 0 bridgehead atoms. The number of rotatable bonds is 9. The molecule has 37 heavy (non-hydrogen) atoms. The maximum absolute atomic E-state index is 12.3. The van der Waals surface area contributed by atoms with Gasteiger partial charge < -0.3 is 39.3 Å². The number of carbonyl (C=O) groups is 4. The minimum Gasteiger partial charge on any atom is -0.480 e. The molecule has 12 nitrogen and oxygen atoms in total. The summed E-state index contributed by atoms with van der Waals surface area (Å²) in [5.74, 6) is -1.74. The Bertz CT molecular complexity index is 978. The van der Waals surface area contributed by atoms with Crippen molar-refractivity contribution < 1.29 is 52.7 Å². The van der Waals surface area contributed by atoms with Crippen molar-refractivity contribution in [1.82, 2.24) is 0 Å². The lowest BCUT2D eigenvalue weighted by molar-refractivity contribution is -0.144. The Kier molecular flexibility index (Phi) is 10.7. The molecule has 0 amide bonds. The number of aliphatic carboxylic acids is 1. The van der Waals surface area contributed by atoms with Crippen molar-refractivity contribution in [3.05, 3.63) is 23.8 Å². The SMILES string of the molecule is CCOC(=O)O[C@@H](C)CC(N)(Cc1ccc(OC(=O)OC(C)(C)C)c(OC(=O)OC(C)(C)C)c1)C(=O)O. The van der Waals surface area contributed by atoms with E-state index in [1.54, 1.807) is 48.5 Å². The molecule has 0 spiro atoms. The fourth-order valence-electron chi connectivity index (χ4n) is 3.02. The lowest BCUT2D eigenvalue weighted by Crippen LogP contribution is -2.52. The van der Waals surface area contributed by atoms with Crippen LogP contribution in [-0.2, 0) is 30.2 Å². The second-order valence-electron chi connectivity index (χ2n) is 10.4. The minimum atomic E-state index is -1.87. The van der Waals surface area contributed by atoms with E-state index in [-0.39, 0.29) is 30.9 Å². The van der Waals surface area contributed by atoms with Gasteiger partial charge in [0.25, 0.3) is 0 Å². The Morgan fingerprint density at radius 1 is 0.892 bits per heavy atom. The van der Waals surface area contributed by atoms with E-state index in [0.29, 0.717) is 5.56 Å². The number of carboxylic acids is 1. The van der Waals surface area contributed by atoms with E-state index < -0.39 is 47.3 Å². The third-order valence-electron chi connectivity index (χ3n) is 4.33. The molecule has 1 unspecified atom stereocenters. The molecule has 0 saturated heterocycles. The van der Waals surface area contributed by atoms with Gasteiger partial charge in [0.05, 0.1) is 6.61 Å². The highest BCUT2D eigenvalue weighted by atomic mass is 16.8. The highest BCUT2D eigenvalue weighted by molar-refractivity contribution is 5.79. The molecular formula is C25H37NO11. The number of ether oxygens (including phenoxy) is 6. The highest BCUT2D eigenvalue weighted by Crippen LogP contribution is 2.32. The van der Waals surface area contributed by atoms with Crippen molar-refractivity contribution in [3.8, 4) is 11.5 Å². The third kappa shape index (κ3) is 11.8. The summed E-state index contributed by atoms with van der Waals surface area (Å²) >= 11 is 0. The fourth-order valence-corrected chi connectivity index (χ4v) is 3.02. The monoisotopic (exact) mass is 527 g/mol.